The van der Waals surface area contributed by atoms with Gasteiger partial charge in [-0.15, -0.1) is 0 Å². The van der Waals surface area contributed by atoms with Crippen LogP contribution in [0, 0.1) is 5.92 Å². The fourth-order valence-corrected chi connectivity index (χ4v) is 3.56. The lowest BCUT2D eigenvalue weighted by Crippen LogP contribution is -2.11. The molecule has 3 heteroatoms. The maximum absolute atomic E-state index is 11.5. The Morgan fingerprint density at radius 1 is 1.05 bits per heavy atom. The molecule has 2 N–H and O–H groups in total. The Balaban J connectivity index is 1.74. The van der Waals surface area contributed by atoms with Gasteiger partial charge in [-0.25, -0.2) is 0 Å². The van der Waals surface area contributed by atoms with Gasteiger partial charge in [0.2, 0.25) is 5.56 Å². The van der Waals surface area contributed by atoms with Gasteiger partial charge in [-0.1, -0.05) is 36.4 Å². The van der Waals surface area contributed by atoms with Crippen molar-refractivity contribution in [2.75, 3.05) is 0 Å². The van der Waals surface area contributed by atoms with Crippen LogP contribution in [0.5, 0.6) is 0 Å². The van der Waals surface area contributed by atoms with Crippen LogP contribution in [-0.2, 0) is 12.8 Å². The molecule has 3 nitrogen and oxygen atoms in total. The van der Waals surface area contributed by atoms with E-state index in [9.17, 15) is 9.90 Å². The van der Waals surface area contributed by atoms with Crippen LogP contribution in [0.25, 0.3) is 10.9 Å². The topological polar surface area (TPSA) is 53.1 Å². The van der Waals surface area contributed by atoms with Crippen molar-refractivity contribution in [2.45, 2.75) is 18.9 Å². The SMILES string of the molecule is O=c1ccc2c3c(ccc2[nH]1)CC(Cc1ccccc1)C3O. The predicted molar refractivity (Wildman–Crippen MR) is 86.9 cm³/mol. The zero-order valence-electron chi connectivity index (χ0n) is 12.1. The van der Waals surface area contributed by atoms with Gasteiger partial charge in [0.25, 0.3) is 0 Å². The van der Waals surface area contributed by atoms with E-state index in [2.05, 4.69) is 17.1 Å². The first-order chi connectivity index (χ1) is 10.7. The van der Waals surface area contributed by atoms with Crippen LogP contribution >= 0.6 is 0 Å². The maximum Gasteiger partial charge on any atom is 0.248 e. The van der Waals surface area contributed by atoms with Crippen molar-refractivity contribution in [1.82, 2.24) is 4.98 Å². The summed E-state index contributed by atoms with van der Waals surface area (Å²) in [6.07, 6.45) is 1.26. The van der Waals surface area contributed by atoms with Crippen LogP contribution in [0.4, 0.5) is 0 Å². The number of pyridine rings is 1. The summed E-state index contributed by atoms with van der Waals surface area (Å²) in [5.74, 6) is 0.190. The molecule has 0 saturated carbocycles. The summed E-state index contributed by atoms with van der Waals surface area (Å²) in [6, 6.07) is 17.6. The summed E-state index contributed by atoms with van der Waals surface area (Å²) in [5.41, 5.74) is 4.10. The van der Waals surface area contributed by atoms with Crippen LogP contribution in [0.15, 0.2) is 59.4 Å². The smallest absolute Gasteiger partial charge is 0.248 e. The molecule has 0 saturated heterocycles. The standard InChI is InChI=1S/C19H17NO2/c21-17-9-7-15-16(20-17)8-6-13-11-14(19(22)18(13)15)10-12-4-2-1-3-5-12/h1-9,14,19,22H,10-11H2,(H,20,21). The molecule has 2 atom stereocenters. The number of rotatable bonds is 2. The minimum Gasteiger partial charge on any atom is -0.388 e. The molecule has 22 heavy (non-hydrogen) atoms. The van der Waals surface area contributed by atoms with Crippen LogP contribution in [-0.4, -0.2) is 10.1 Å². The van der Waals surface area contributed by atoms with E-state index in [1.54, 1.807) is 0 Å². The van der Waals surface area contributed by atoms with Gasteiger partial charge in [-0.2, -0.15) is 0 Å². The second-order valence-corrected chi connectivity index (χ2v) is 6.02. The summed E-state index contributed by atoms with van der Waals surface area (Å²) in [6.45, 7) is 0. The summed E-state index contributed by atoms with van der Waals surface area (Å²) < 4.78 is 0. The van der Waals surface area contributed by atoms with E-state index in [4.69, 9.17) is 0 Å². The number of hydrogen-bond acceptors (Lipinski definition) is 2. The average molecular weight is 291 g/mol. The third kappa shape index (κ3) is 2.14. The van der Waals surface area contributed by atoms with Crippen LogP contribution in [0.3, 0.4) is 0 Å². The van der Waals surface area contributed by atoms with E-state index >= 15 is 0 Å². The Kier molecular flexibility index (Phi) is 3.09. The first-order valence-corrected chi connectivity index (χ1v) is 7.59. The van der Waals surface area contributed by atoms with Gasteiger partial charge in [0.15, 0.2) is 0 Å². The van der Waals surface area contributed by atoms with Crippen molar-refractivity contribution in [3.8, 4) is 0 Å². The van der Waals surface area contributed by atoms with Crippen molar-refractivity contribution in [3.05, 3.63) is 81.6 Å². The van der Waals surface area contributed by atoms with E-state index in [0.29, 0.717) is 0 Å². The molecule has 0 bridgehead atoms. The number of aromatic nitrogens is 1. The van der Waals surface area contributed by atoms with E-state index in [0.717, 1.165) is 29.3 Å². The number of benzene rings is 2. The first-order valence-electron chi connectivity index (χ1n) is 7.59. The van der Waals surface area contributed by atoms with Crippen molar-refractivity contribution >= 4 is 10.9 Å². The highest BCUT2D eigenvalue weighted by molar-refractivity contribution is 5.84. The molecule has 0 radical (unpaired) electrons. The molecule has 4 rings (SSSR count). The molecule has 1 heterocycles. The molecule has 1 aliphatic carbocycles. The minimum atomic E-state index is -0.482. The Morgan fingerprint density at radius 3 is 2.68 bits per heavy atom. The molecule has 0 amide bonds. The Morgan fingerprint density at radius 2 is 1.86 bits per heavy atom. The highest BCUT2D eigenvalue weighted by atomic mass is 16.3. The second kappa shape index (κ2) is 5.11. The monoisotopic (exact) mass is 291 g/mol. The van der Waals surface area contributed by atoms with E-state index in [-0.39, 0.29) is 11.5 Å². The molecule has 0 aliphatic heterocycles. The number of aliphatic hydroxyl groups excluding tert-OH is 1. The molecule has 110 valence electrons. The Labute approximate surface area is 128 Å². The van der Waals surface area contributed by atoms with Gasteiger partial charge in [-0.3, -0.25) is 4.79 Å². The van der Waals surface area contributed by atoms with Gasteiger partial charge >= 0.3 is 0 Å². The highest BCUT2D eigenvalue weighted by Gasteiger charge is 2.32. The van der Waals surface area contributed by atoms with Crippen LogP contribution in [0.1, 0.15) is 22.8 Å². The summed E-state index contributed by atoms with van der Waals surface area (Å²) >= 11 is 0. The molecular formula is C19H17NO2. The van der Waals surface area contributed by atoms with E-state index < -0.39 is 6.10 Å². The average Bonchev–Trinajstić information content (AvgIpc) is 2.85. The molecule has 2 aromatic carbocycles. The lowest BCUT2D eigenvalue weighted by Gasteiger charge is -2.16. The second-order valence-electron chi connectivity index (χ2n) is 6.02. The third-order valence-electron chi connectivity index (χ3n) is 4.60. The largest absolute Gasteiger partial charge is 0.388 e. The highest BCUT2D eigenvalue weighted by Crippen LogP contribution is 2.41. The number of nitrogens with one attached hydrogen (secondary N) is 1. The quantitative estimate of drug-likeness (QED) is 0.762. The van der Waals surface area contributed by atoms with Gasteiger partial charge in [-0.05, 0) is 47.6 Å². The van der Waals surface area contributed by atoms with Gasteiger partial charge in [0.1, 0.15) is 0 Å². The van der Waals surface area contributed by atoms with E-state index in [1.165, 1.54) is 17.2 Å². The summed E-state index contributed by atoms with van der Waals surface area (Å²) in [7, 11) is 0. The first kappa shape index (κ1) is 13.3. The summed E-state index contributed by atoms with van der Waals surface area (Å²) in [5, 5.41) is 11.7. The van der Waals surface area contributed by atoms with Crippen molar-refractivity contribution in [3.63, 3.8) is 0 Å². The van der Waals surface area contributed by atoms with Gasteiger partial charge < -0.3 is 10.1 Å². The number of aromatic amines is 1. The number of hydrogen-bond donors (Lipinski definition) is 2. The van der Waals surface area contributed by atoms with Crippen molar-refractivity contribution < 1.29 is 5.11 Å². The molecule has 0 spiro atoms. The van der Waals surface area contributed by atoms with Crippen LogP contribution < -0.4 is 5.56 Å². The number of H-pyrrole nitrogens is 1. The molecule has 2 unspecified atom stereocenters. The molecular weight excluding hydrogens is 274 g/mol. The maximum atomic E-state index is 11.5. The van der Waals surface area contributed by atoms with Gasteiger partial charge in [0.05, 0.1) is 6.10 Å². The third-order valence-corrected chi connectivity index (χ3v) is 4.60. The lowest BCUT2D eigenvalue weighted by atomic mass is 9.94. The fraction of sp³-hybridized carbons (Fsp3) is 0.211. The molecule has 1 aliphatic rings. The normalized spacial score (nSPS) is 20.2. The zero-order chi connectivity index (χ0) is 15.1. The number of fused-ring (bicyclic) bond motifs is 3. The summed E-state index contributed by atoms with van der Waals surface area (Å²) in [4.78, 5) is 14.3. The lowest BCUT2D eigenvalue weighted by molar-refractivity contribution is 0.124. The molecule has 1 aromatic heterocycles. The van der Waals surface area contributed by atoms with E-state index in [1.807, 2.05) is 36.4 Å². The van der Waals surface area contributed by atoms with Crippen molar-refractivity contribution in [2.24, 2.45) is 5.92 Å². The molecule has 0 fully saturated rings. The Bertz CT molecular complexity index is 883. The predicted octanol–water partition coefficient (Wildman–Crippen LogP) is 2.98. The zero-order valence-corrected chi connectivity index (χ0v) is 12.1. The number of aliphatic hydroxyl groups is 1. The van der Waals surface area contributed by atoms with Gasteiger partial charge in [0, 0.05) is 17.0 Å². The molecule has 3 aromatic rings. The van der Waals surface area contributed by atoms with Crippen molar-refractivity contribution in [1.29, 1.82) is 0 Å². The minimum absolute atomic E-state index is 0.110. The fourth-order valence-electron chi connectivity index (χ4n) is 3.56. The Hall–Kier alpha value is -2.39. The van der Waals surface area contributed by atoms with Crippen LogP contribution in [0.2, 0.25) is 0 Å².